The van der Waals surface area contributed by atoms with E-state index in [1.165, 1.54) is 0 Å². The maximum Gasteiger partial charge on any atom is 0.0405 e. The summed E-state index contributed by atoms with van der Waals surface area (Å²) in [4.78, 5) is 0. The second-order valence-corrected chi connectivity index (χ2v) is 1.73. The summed E-state index contributed by atoms with van der Waals surface area (Å²) in [5.41, 5.74) is 0. The van der Waals surface area contributed by atoms with Crippen LogP contribution in [0.2, 0.25) is 5.02 Å². The summed E-state index contributed by atoms with van der Waals surface area (Å²) in [5.74, 6) is 0. The van der Waals surface area contributed by atoms with E-state index in [0.717, 1.165) is 5.02 Å². The van der Waals surface area contributed by atoms with Gasteiger partial charge >= 0.3 is 0 Å². The second kappa shape index (κ2) is 13.6. The molecule has 0 bridgehead atoms. The first-order valence-electron chi connectivity index (χ1n) is 3.24. The van der Waals surface area contributed by atoms with Crippen LogP contribution in [0.4, 0.5) is 0 Å². The van der Waals surface area contributed by atoms with Gasteiger partial charge in [-0.3, -0.25) is 0 Å². The molecule has 0 N–H and O–H groups in total. The van der Waals surface area contributed by atoms with Crippen LogP contribution in [0.25, 0.3) is 0 Å². The fourth-order valence-electron chi connectivity index (χ4n) is 0.415. The summed E-state index contributed by atoms with van der Waals surface area (Å²) in [7, 11) is 0. The Morgan fingerprint density at radius 1 is 1.00 bits per heavy atom. The molecule has 0 saturated carbocycles. The molecule has 0 spiro atoms. The van der Waals surface area contributed by atoms with Crippen LogP contribution in [-0.2, 0) is 0 Å². The summed E-state index contributed by atoms with van der Waals surface area (Å²) < 4.78 is 0. The van der Waals surface area contributed by atoms with Crippen molar-refractivity contribution < 1.29 is 0 Å². The molecule has 0 aliphatic carbocycles. The van der Waals surface area contributed by atoms with E-state index in [0.29, 0.717) is 0 Å². The van der Waals surface area contributed by atoms with Crippen molar-refractivity contribution in [2.45, 2.75) is 13.8 Å². The zero-order valence-electron chi connectivity index (χ0n) is 6.52. The van der Waals surface area contributed by atoms with Crippen molar-refractivity contribution in [1.29, 1.82) is 0 Å². The zero-order valence-corrected chi connectivity index (χ0v) is 11.6. The average molecular weight is 396 g/mol. The summed E-state index contributed by atoms with van der Waals surface area (Å²) in [5, 5.41) is 0.794. The van der Waals surface area contributed by atoms with Gasteiger partial charge in [0, 0.05) is 42.3 Å². The number of hydrogen-bond donors (Lipinski definition) is 0. The van der Waals surface area contributed by atoms with Gasteiger partial charge in [0.25, 0.3) is 0 Å². The Kier molecular flexibility index (Phi) is 17.9. The molecule has 0 nitrogen and oxygen atoms in total. The normalized spacial score (nSPS) is 6.64. The highest BCUT2D eigenvalue weighted by atomic mass is 128. The maximum absolute atomic E-state index is 5.54. The lowest BCUT2D eigenvalue weighted by Crippen LogP contribution is -1.55. The lowest BCUT2D eigenvalue weighted by atomic mass is 10.4. The summed E-state index contributed by atoms with van der Waals surface area (Å²) in [6.45, 7) is 4.00. The van der Waals surface area contributed by atoms with Gasteiger partial charge in [-0.15, -0.1) is 0 Å². The number of rotatable bonds is 0. The van der Waals surface area contributed by atoms with Gasteiger partial charge in [-0.05, 0) is 12.1 Å². The summed E-state index contributed by atoms with van der Waals surface area (Å²) in [6, 6.07) is 9.44. The Labute approximate surface area is 97.0 Å². The first kappa shape index (κ1) is 14.5. The minimum Gasteiger partial charge on any atom is -0.0843 e. The lowest BCUT2D eigenvalue weighted by Gasteiger charge is -1.80. The van der Waals surface area contributed by atoms with Crippen molar-refractivity contribution in [3.8, 4) is 0 Å². The molecular formula is C8H11ClI2. The molecule has 1 aromatic carbocycles. The molecular weight excluding hydrogens is 385 g/mol. The van der Waals surface area contributed by atoms with E-state index in [4.69, 9.17) is 11.6 Å². The molecule has 3 heteroatoms. The van der Waals surface area contributed by atoms with Crippen molar-refractivity contribution in [2.75, 3.05) is 0 Å². The topological polar surface area (TPSA) is 0 Å². The Bertz CT molecular complexity index is 142. The number of halogens is 3. The molecule has 0 radical (unpaired) electrons. The van der Waals surface area contributed by atoms with Crippen LogP contribution < -0.4 is 0 Å². The smallest absolute Gasteiger partial charge is 0.0405 e. The van der Waals surface area contributed by atoms with E-state index in [2.05, 4.69) is 37.2 Å². The summed E-state index contributed by atoms with van der Waals surface area (Å²) in [6.07, 6.45) is 0. The maximum atomic E-state index is 5.54. The van der Waals surface area contributed by atoms with E-state index in [-0.39, 0.29) is 0 Å². The SMILES string of the molecule is CC.Clc1ccccc1.II. The van der Waals surface area contributed by atoms with Crippen molar-refractivity contribution in [2.24, 2.45) is 0 Å². The van der Waals surface area contributed by atoms with Crippen molar-refractivity contribution in [3.05, 3.63) is 35.4 Å². The van der Waals surface area contributed by atoms with Gasteiger partial charge in [-0.2, -0.15) is 0 Å². The highest BCUT2D eigenvalue weighted by molar-refractivity contribution is 15.0. The first-order valence-corrected chi connectivity index (χ1v) is 9.91. The van der Waals surface area contributed by atoms with Crippen molar-refractivity contribution in [3.63, 3.8) is 0 Å². The third-order valence-corrected chi connectivity index (χ3v) is 0.985. The van der Waals surface area contributed by atoms with E-state index in [9.17, 15) is 0 Å². The molecule has 0 saturated heterocycles. The van der Waals surface area contributed by atoms with Crippen LogP contribution in [0.3, 0.4) is 0 Å². The second-order valence-electron chi connectivity index (χ2n) is 1.30. The molecule has 0 amide bonds. The predicted octanol–water partition coefficient (Wildman–Crippen LogP) is 5.14. The molecule has 11 heavy (non-hydrogen) atoms. The van der Waals surface area contributed by atoms with Crippen LogP contribution >= 0.6 is 48.8 Å². The van der Waals surface area contributed by atoms with Crippen LogP contribution in [0.1, 0.15) is 13.8 Å². The molecule has 0 unspecified atom stereocenters. The van der Waals surface area contributed by atoms with Crippen molar-refractivity contribution >= 4 is 48.8 Å². The van der Waals surface area contributed by atoms with Gasteiger partial charge in [0.2, 0.25) is 0 Å². The van der Waals surface area contributed by atoms with E-state index < -0.39 is 0 Å². The average Bonchev–Trinajstić information content (AvgIpc) is 2.13. The van der Waals surface area contributed by atoms with Crippen LogP contribution in [0.5, 0.6) is 0 Å². The van der Waals surface area contributed by atoms with E-state index >= 15 is 0 Å². The standard InChI is InChI=1S/C6H5Cl.C2H6.I2/c7-6-4-2-1-3-5-6;2*1-2/h1-5H;1-2H3;. The van der Waals surface area contributed by atoms with Crippen LogP contribution in [0, 0.1) is 0 Å². The summed E-state index contributed by atoms with van der Waals surface area (Å²) >= 11 is 9.78. The molecule has 0 aliphatic heterocycles. The highest BCUT2D eigenvalue weighted by Crippen LogP contribution is 2.03. The minimum atomic E-state index is 0.794. The Morgan fingerprint density at radius 2 is 1.36 bits per heavy atom. The Balaban J connectivity index is 0. The quantitative estimate of drug-likeness (QED) is 0.533. The first-order chi connectivity index (χ1) is 5.39. The number of hydrogen-bond acceptors (Lipinski definition) is 0. The van der Waals surface area contributed by atoms with Gasteiger partial charge in [-0.1, -0.05) is 43.6 Å². The molecule has 64 valence electrons. The molecule has 0 aromatic heterocycles. The monoisotopic (exact) mass is 396 g/mol. The minimum absolute atomic E-state index is 0.794. The molecule has 0 atom stereocenters. The Hall–Kier alpha value is 0.970. The molecule has 1 aromatic rings. The molecule has 0 heterocycles. The van der Waals surface area contributed by atoms with E-state index in [1.54, 1.807) is 0 Å². The highest BCUT2D eigenvalue weighted by Gasteiger charge is 1.74. The predicted molar refractivity (Wildman–Crippen MR) is 70.8 cm³/mol. The van der Waals surface area contributed by atoms with E-state index in [1.807, 2.05) is 44.2 Å². The van der Waals surface area contributed by atoms with Gasteiger partial charge in [0.05, 0.1) is 0 Å². The third-order valence-electron chi connectivity index (χ3n) is 0.733. The van der Waals surface area contributed by atoms with Gasteiger partial charge in [0.15, 0.2) is 0 Å². The zero-order chi connectivity index (χ0) is 9.11. The van der Waals surface area contributed by atoms with Gasteiger partial charge in [-0.25, -0.2) is 0 Å². The van der Waals surface area contributed by atoms with Gasteiger partial charge < -0.3 is 0 Å². The van der Waals surface area contributed by atoms with Crippen LogP contribution in [0.15, 0.2) is 30.3 Å². The van der Waals surface area contributed by atoms with Gasteiger partial charge in [0.1, 0.15) is 0 Å². The van der Waals surface area contributed by atoms with Crippen molar-refractivity contribution in [1.82, 2.24) is 0 Å². The molecule has 0 aliphatic rings. The van der Waals surface area contributed by atoms with Crippen LogP contribution in [-0.4, -0.2) is 0 Å². The number of benzene rings is 1. The largest absolute Gasteiger partial charge is 0.0843 e. The fourth-order valence-corrected chi connectivity index (χ4v) is 0.560. The molecule has 0 fully saturated rings. The lowest BCUT2D eigenvalue weighted by molar-refractivity contribution is 1.50. The molecule has 1 rings (SSSR count). The third kappa shape index (κ3) is 11.0. The fraction of sp³-hybridized carbons (Fsp3) is 0.250. The Morgan fingerprint density at radius 3 is 1.55 bits per heavy atom.